The smallest absolute Gasteiger partial charge is 0.317 e. The first kappa shape index (κ1) is 19.2. The Balaban J connectivity index is 2.32. The Labute approximate surface area is 141 Å². The van der Waals surface area contributed by atoms with Gasteiger partial charge in [0.2, 0.25) is 0 Å². The fourth-order valence-electron chi connectivity index (χ4n) is 1.79. The van der Waals surface area contributed by atoms with Gasteiger partial charge in [0.05, 0.1) is 13.5 Å². The molecule has 128 valence electrons. The number of urea groups is 1. The van der Waals surface area contributed by atoms with Crippen molar-refractivity contribution in [2.75, 3.05) is 33.0 Å². The van der Waals surface area contributed by atoms with Gasteiger partial charge in [-0.3, -0.25) is 4.79 Å². The van der Waals surface area contributed by atoms with E-state index < -0.39 is 5.97 Å². The van der Waals surface area contributed by atoms with E-state index in [0.717, 1.165) is 16.4 Å². The van der Waals surface area contributed by atoms with Crippen LogP contribution in [0, 0.1) is 5.92 Å². The van der Waals surface area contributed by atoms with Crippen LogP contribution in [0.2, 0.25) is 0 Å². The molecule has 0 aliphatic rings. The van der Waals surface area contributed by atoms with Crippen LogP contribution in [0.1, 0.15) is 13.3 Å². The molecule has 7 heteroatoms. The molecular weight excluding hydrogens is 316 g/mol. The molecule has 1 aromatic carbocycles. The van der Waals surface area contributed by atoms with E-state index in [2.05, 4.69) is 12.2 Å². The highest BCUT2D eigenvalue weighted by Gasteiger charge is 2.12. The van der Waals surface area contributed by atoms with E-state index in [4.69, 9.17) is 9.84 Å². The summed E-state index contributed by atoms with van der Waals surface area (Å²) >= 11 is 1.69. The highest BCUT2D eigenvalue weighted by atomic mass is 32.2. The topological polar surface area (TPSA) is 78.9 Å². The lowest BCUT2D eigenvalue weighted by Gasteiger charge is -2.19. The average Bonchev–Trinajstić information content (AvgIpc) is 2.55. The zero-order chi connectivity index (χ0) is 17.2. The van der Waals surface area contributed by atoms with Gasteiger partial charge in [-0.1, -0.05) is 19.1 Å². The van der Waals surface area contributed by atoms with Crippen molar-refractivity contribution in [2.45, 2.75) is 18.2 Å². The predicted molar refractivity (Wildman–Crippen MR) is 91.2 cm³/mol. The molecule has 1 aromatic rings. The van der Waals surface area contributed by atoms with E-state index in [-0.39, 0.29) is 24.9 Å². The van der Waals surface area contributed by atoms with Crippen LogP contribution in [0.25, 0.3) is 0 Å². The number of carboxylic acids is 1. The van der Waals surface area contributed by atoms with Gasteiger partial charge >= 0.3 is 12.0 Å². The number of hydrogen-bond donors (Lipinski definition) is 2. The Bertz CT molecular complexity index is 525. The number of rotatable bonds is 9. The van der Waals surface area contributed by atoms with Crippen molar-refractivity contribution in [1.82, 2.24) is 10.2 Å². The number of amides is 2. The van der Waals surface area contributed by atoms with Crippen molar-refractivity contribution in [1.29, 1.82) is 0 Å². The molecule has 0 aliphatic heterocycles. The van der Waals surface area contributed by atoms with Crippen molar-refractivity contribution in [3.8, 4) is 5.75 Å². The maximum absolute atomic E-state index is 11.8. The van der Waals surface area contributed by atoms with E-state index >= 15 is 0 Å². The lowest BCUT2D eigenvalue weighted by atomic mass is 10.2. The first-order valence-corrected chi connectivity index (χ1v) is 8.39. The Morgan fingerprint density at radius 1 is 1.39 bits per heavy atom. The van der Waals surface area contributed by atoms with Crippen LogP contribution in [0.4, 0.5) is 4.79 Å². The summed E-state index contributed by atoms with van der Waals surface area (Å²) < 4.78 is 5.31. The van der Waals surface area contributed by atoms with Gasteiger partial charge in [0.15, 0.2) is 0 Å². The van der Waals surface area contributed by atoms with Crippen molar-refractivity contribution in [2.24, 2.45) is 5.92 Å². The van der Waals surface area contributed by atoms with Gasteiger partial charge in [-0.2, -0.15) is 0 Å². The molecule has 1 rings (SSSR count). The maximum atomic E-state index is 11.8. The lowest BCUT2D eigenvalue weighted by molar-refractivity contribution is -0.137. The minimum Gasteiger partial charge on any atom is -0.496 e. The van der Waals surface area contributed by atoms with Crippen LogP contribution in [-0.4, -0.2) is 55.0 Å². The minimum absolute atomic E-state index is 0.0525. The molecule has 0 aliphatic carbocycles. The fourth-order valence-corrected chi connectivity index (χ4v) is 2.84. The molecule has 0 spiro atoms. The average molecular weight is 340 g/mol. The number of carbonyl (C=O) groups is 2. The van der Waals surface area contributed by atoms with E-state index in [1.807, 2.05) is 24.3 Å². The summed E-state index contributed by atoms with van der Waals surface area (Å²) in [6.45, 7) is 2.80. The number of para-hydroxylation sites is 1. The van der Waals surface area contributed by atoms with Crippen LogP contribution in [0.5, 0.6) is 5.75 Å². The number of nitrogens with zero attached hydrogens (tertiary/aromatic N) is 1. The van der Waals surface area contributed by atoms with Crippen molar-refractivity contribution >= 4 is 23.8 Å². The van der Waals surface area contributed by atoms with Gasteiger partial charge in [0, 0.05) is 30.8 Å². The van der Waals surface area contributed by atoms with Gasteiger partial charge in [-0.05, 0) is 18.1 Å². The van der Waals surface area contributed by atoms with E-state index in [1.54, 1.807) is 25.9 Å². The number of thioether (sulfide) groups is 1. The van der Waals surface area contributed by atoms with Crippen LogP contribution in [0.15, 0.2) is 29.2 Å². The van der Waals surface area contributed by atoms with Crippen LogP contribution in [-0.2, 0) is 4.79 Å². The molecule has 1 unspecified atom stereocenters. The second kappa shape index (κ2) is 9.99. The second-order valence-corrected chi connectivity index (χ2v) is 6.38. The van der Waals surface area contributed by atoms with Crippen LogP contribution in [0.3, 0.4) is 0 Å². The number of carbonyl (C=O) groups excluding carboxylic acids is 1. The molecule has 2 N–H and O–H groups in total. The molecule has 2 amide bonds. The molecule has 6 nitrogen and oxygen atoms in total. The number of methoxy groups -OCH3 is 1. The number of aliphatic carboxylic acids is 1. The summed E-state index contributed by atoms with van der Waals surface area (Å²) in [6.07, 6.45) is -0.0525. The fraction of sp³-hybridized carbons (Fsp3) is 0.500. The third-order valence-electron chi connectivity index (χ3n) is 3.20. The summed E-state index contributed by atoms with van der Waals surface area (Å²) in [6, 6.07) is 7.58. The molecule has 23 heavy (non-hydrogen) atoms. The number of ether oxygens (including phenoxy) is 1. The molecule has 0 saturated heterocycles. The summed E-state index contributed by atoms with van der Waals surface area (Å²) in [5.41, 5.74) is 0. The monoisotopic (exact) mass is 340 g/mol. The van der Waals surface area contributed by atoms with E-state index in [1.165, 1.54) is 4.90 Å². The maximum Gasteiger partial charge on any atom is 0.317 e. The number of benzene rings is 1. The Morgan fingerprint density at radius 2 is 2.09 bits per heavy atom. The SMILES string of the molecule is COc1ccccc1SCC(C)CNC(=O)N(C)CCC(=O)O. The normalized spacial score (nSPS) is 11.6. The van der Waals surface area contributed by atoms with Gasteiger partial charge < -0.3 is 20.1 Å². The van der Waals surface area contributed by atoms with E-state index in [0.29, 0.717) is 6.54 Å². The molecule has 0 radical (unpaired) electrons. The highest BCUT2D eigenvalue weighted by molar-refractivity contribution is 7.99. The van der Waals surface area contributed by atoms with Gasteiger partial charge in [-0.25, -0.2) is 4.79 Å². The molecule has 0 saturated carbocycles. The largest absolute Gasteiger partial charge is 0.496 e. The van der Waals surface area contributed by atoms with E-state index in [9.17, 15) is 9.59 Å². The van der Waals surface area contributed by atoms with Crippen LogP contribution < -0.4 is 10.1 Å². The summed E-state index contributed by atoms with van der Waals surface area (Å²) in [5, 5.41) is 11.4. The third kappa shape index (κ3) is 7.27. The third-order valence-corrected chi connectivity index (χ3v) is 4.59. The number of hydrogen-bond acceptors (Lipinski definition) is 4. The van der Waals surface area contributed by atoms with Crippen molar-refractivity contribution in [3.63, 3.8) is 0 Å². The summed E-state index contributed by atoms with van der Waals surface area (Å²) in [5.74, 6) is 1.06. The van der Waals surface area contributed by atoms with Crippen LogP contribution >= 0.6 is 11.8 Å². The Kier molecular flexibility index (Phi) is 8.32. The standard InChI is InChI=1S/C16H24N2O4S/c1-12(10-17-16(21)18(2)9-8-15(19)20)11-23-14-7-5-4-6-13(14)22-3/h4-7,12H,8-11H2,1-3H3,(H,17,21)(H,19,20). The Hall–Kier alpha value is -1.89. The van der Waals surface area contributed by atoms with Crippen molar-refractivity contribution < 1.29 is 19.4 Å². The zero-order valence-electron chi connectivity index (χ0n) is 13.7. The molecule has 0 aromatic heterocycles. The predicted octanol–water partition coefficient (Wildman–Crippen LogP) is 2.54. The number of carboxylic acid groups (broad SMARTS) is 1. The second-order valence-electron chi connectivity index (χ2n) is 5.32. The molecule has 0 heterocycles. The van der Waals surface area contributed by atoms with Gasteiger partial charge in [0.1, 0.15) is 5.75 Å². The summed E-state index contributed by atoms with van der Waals surface area (Å²) in [4.78, 5) is 24.8. The Morgan fingerprint density at radius 3 is 2.74 bits per heavy atom. The van der Waals surface area contributed by atoms with Gasteiger partial charge in [0.25, 0.3) is 0 Å². The lowest BCUT2D eigenvalue weighted by Crippen LogP contribution is -2.40. The first-order chi connectivity index (χ1) is 10.9. The minimum atomic E-state index is -0.911. The first-order valence-electron chi connectivity index (χ1n) is 7.40. The zero-order valence-corrected chi connectivity index (χ0v) is 14.6. The molecule has 0 bridgehead atoms. The summed E-state index contributed by atoms with van der Waals surface area (Å²) in [7, 11) is 3.24. The van der Waals surface area contributed by atoms with Gasteiger partial charge in [-0.15, -0.1) is 11.8 Å². The number of nitrogens with one attached hydrogen (secondary N) is 1. The van der Waals surface area contributed by atoms with Crippen molar-refractivity contribution in [3.05, 3.63) is 24.3 Å². The highest BCUT2D eigenvalue weighted by Crippen LogP contribution is 2.29. The molecular formula is C16H24N2O4S. The quantitative estimate of drug-likeness (QED) is 0.676. The molecule has 0 fully saturated rings. The molecule has 1 atom stereocenters.